The van der Waals surface area contributed by atoms with Crippen molar-refractivity contribution in [2.75, 3.05) is 0 Å². The van der Waals surface area contributed by atoms with E-state index in [9.17, 15) is 9.59 Å². The van der Waals surface area contributed by atoms with Gasteiger partial charge in [0.1, 0.15) is 0 Å². The van der Waals surface area contributed by atoms with E-state index in [0.717, 1.165) is 12.0 Å². The molecule has 1 saturated heterocycles. The minimum atomic E-state index is -0.158. The van der Waals surface area contributed by atoms with Crippen molar-refractivity contribution in [1.29, 1.82) is 0 Å². The highest BCUT2D eigenvalue weighted by molar-refractivity contribution is 5.99. The molecule has 1 N–H and O–H groups in total. The van der Waals surface area contributed by atoms with Gasteiger partial charge in [-0.1, -0.05) is 36.2 Å². The molecule has 0 aromatic heterocycles. The van der Waals surface area contributed by atoms with Crippen LogP contribution >= 0.6 is 0 Å². The Morgan fingerprint density at radius 3 is 2.33 bits per heavy atom. The first-order valence-electron chi connectivity index (χ1n) is 6.43. The number of carbonyl (C=O) groups excluding carboxylic acids is 2. The lowest BCUT2D eigenvalue weighted by atomic mass is 9.78. The van der Waals surface area contributed by atoms with Crippen LogP contribution in [0.4, 0.5) is 0 Å². The molecule has 1 heterocycles. The fraction of sp³-hybridized carbons (Fsp3) is 0.467. The third-order valence-electron chi connectivity index (χ3n) is 3.60. The van der Waals surface area contributed by atoms with Gasteiger partial charge in [-0.15, -0.1) is 0 Å². The zero-order valence-corrected chi connectivity index (χ0v) is 11.1. The van der Waals surface area contributed by atoms with E-state index in [1.807, 2.05) is 20.8 Å². The van der Waals surface area contributed by atoms with Crippen LogP contribution in [-0.2, 0) is 9.59 Å². The predicted molar refractivity (Wildman–Crippen MR) is 70.2 cm³/mol. The summed E-state index contributed by atoms with van der Waals surface area (Å²) >= 11 is 0. The SMILES string of the molecule is CCC1C(=O)NC(=O)CC1c1cc(C)cc(C)c1. The summed E-state index contributed by atoms with van der Waals surface area (Å²) in [6.07, 6.45) is 1.17. The number of aryl methyl sites for hydroxylation is 2. The van der Waals surface area contributed by atoms with Gasteiger partial charge in [-0.05, 0) is 25.8 Å². The molecule has 0 aliphatic carbocycles. The highest BCUT2D eigenvalue weighted by atomic mass is 16.2. The highest BCUT2D eigenvalue weighted by Gasteiger charge is 2.35. The Hall–Kier alpha value is -1.64. The third-order valence-corrected chi connectivity index (χ3v) is 3.60. The van der Waals surface area contributed by atoms with Crippen LogP contribution in [0, 0.1) is 19.8 Å². The monoisotopic (exact) mass is 245 g/mol. The number of nitrogens with one attached hydrogen (secondary N) is 1. The van der Waals surface area contributed by atoms with Crippen molar-refractivity contribution in [3.8, 4) is 0 Å². The average Bonchev–Trinajstić information content (AvgIpc) is 2.26. The molecule has 2 rings (SSSR count). The Morgan fingerprint density at radius 2 is 1.78 bits per heavy atom. The maximum Gasteiger partial charge on any atom is 0.230 e. The highest BCUT2D eigenvalue weighted by Crippen LogP contribution is 2.34. The summed E-state index contributed by atoms with van der Waals surface area (Å²) in [6.45, 7) is 6.08. The maximum absolute atomic E-state index is 11.9. The number of imide groups is 1. The van der Waals surface area contributed by atoms with Crippen LogP contribution in [0.2, 0.25) is 0 Å². The molecule has 3 heteroatoms. The molecule has 1 aliphatic heterocycles. The lowest BCUT2D eigenvalue weighted by Gasteiger charge is -2.30. The number of hydrogen-bond donors (Lipinski definition) is 1. The number of hydrogen-bond acceptors (Lipinski definition) is 2. The van der Waals surface area contributed by atoms with Crippen molar-refractivity contribution in [1.82, 2.24) is 5.32 Å². The molecule has 0 saturated carbocycles. The second kappa shape index (κ2) is 4.92. The largest absolute Gasteiger partial charge is 0.296 e. The van der Waals surface area contributed by atoms with Crippen molar-refractivity contribution in [2.45, 2.75) is 39.5 Å². The van der Waals surface area contributed by atoms with Crippen molar-refractivity contribution >= 4 is 11.8 Å². The minimum absolute atomic E-state index is 0.0230. The smallest absolute Gasteiger partial charge is 0.230 e. The van der Waals surface area contributed by atoms with Crippen LogP contribution in [0.15, 0.2) is 18.2 Å². The summed E-state index contributed by atoms with van der Waals surface area (Å²) in [4.78, 5) is 23.4. The molecule has 0 spiro atoms. The van der Waals surface area contributed by atoms with Crippen LogP contribution in [0.5, 0.6) is 0 Å². The fourth-order valence-corrected chi connectivity index (χ4v) is 2.85. The summed E-state index contributed by atoms with van der Waals surface area (Å²) in [6, 6.07) is 6.29. The summed E-state index contributed by atoms with van der Waals surface area (Å²) in [5, 5.41) is 2.43. The first-order chi connectivity index (χ1) is 8.51. The van der Waals surface area contributed by atoms with Gasteiger partial charge in [0, 0.05) is 18.3 Å². The molecule has 1 aliphatic rings. The molecule has 2 unspecified atom stereocenters. The predicted octanol–water partition coefficient (Wildman–Crippen LogP) is 2.46. The average molecular weight is 245 g/mol. The van der Waals surface area contributed by atoms with Crippen LogP contribution < -0.4 is 5.32 Å². The number of benzene rings is 1. The van der Waals surface area contributed by atoms with Gasteiger partial charge in [0.25, 0.3) is 0 Å². The molecule has 96 valence electrons. The Balaban J connectivity index is 2.39. The Kier molecular flexibility index (Phi) is 3.50. The topological polar surface area (TPSA) is 46.2 Å². The summed E-state index contributed by atoms with van der Waals surface area (Å²) < 4.78 is 0. The molecule has 3 nitrogen and oxygen atoms in total. The van der Waals surface area contributed by atoms with E-state index in [-0.39, 0.29) is 23.7 Å². The van der Waals surface area contributed by atoms with Gasteiger partial charge in [0.15, 0.2) is 0 Å². The molecule has 0 bridgehead atoms. The Labute approximate surface area is 108 Å². The van der Waals surface area contributed by atoms with Crippen molar-refractivity contribution in [2.24, 2.45) is 5.92 Å². The maximum atomic E-state index is 11.9. The van der Waals surface area contributed by atoms with Gasteiger partial charge in [0.05, 0.1) is 0 Å². The third kappa shape index (κ3) is 2.45. The van der Waals surface area contributed by atoms with Crippen molar-refractivity contribution in [3.05, 3.63) is 34.9 Å². The van der Waals surface area contributed by atoms with Crippen molar-refractivity contribution in [3.63, 3.8) is 0 Å². The molecular weight excluding hydrogens is 226 g/mol. The molecule has 18 heavy (non-hydrogen) atoms. The van der Waals surface area contributed by atoms with E-state index in [2.05, 4.69) is 23.5 Å². The fourth-order valence-electron chi connectivity index (χ4n) is 2.85. The lowest BCUT2D eigenvalue weighted by Crippen LogP contribution is -2.44. The van der Waals surface area contributed by atoms with E-state index >= 15 is 0 Å². The molecule has 1 aromatic carbocycles. The summed E-state index contributed by atoms with van der Waals surface area (Å²) in [7, 11) is 0. The van der Waals surface area contributed by atoms with E-state index in [1.165, 1.54) is 11.1 Å². The quantitative estimate of drug-likeness (QED) is 0.813. The summed E-state index contributed by atoms with van der Waals surface area (Å²) in [5.74, 6) is -0.356. The number of rotatable bonds is 2. The second-order valence-electron chi connectivity index (χ2n) is 5.16. The molecule has 1 aromatic rings. The van der Waals surface area contributed by atoms with Crippen LogP contribution in [-0.4, -0.2) is 11.8 Å². The van der Waals surface area contributed by atoms with Gasteiger partial charge in [0.2, 0.25) is 11.8 Å². The molecule has 2 amide bonds. The van der Waals surface area contributed by atoms with Gasteiger partial charge in [-0.2, -0.15) is 0 Å². The van der Waals surface area contributed by atoms with E-state index < -0.39 is 0 Å². The molecule has 1 fully saturated rings. The van der Waals surface area contributed by atoms with Crippen LogP contribution in [0.1, 0.15) is 42.4 Å². The van der Waals surface area contributed by atoms with Crippen molar-refractivity contribution < 1.29 is 9.59 Å². The van der Waals surface area contributed by atoms with Gasteiger partial charge < -0.3 is 0 Å². The Morgan fingerprint density at radius 1 is 1.17 bits per heavy atom. The summed E-state index contributed by atoms with van der Waals surface area (Å²) in [5.41, 5.74) is 3.47. The number of carbonyl (C=O) groups is 2. The zero-order chi connectivity index (χ0) is 13.3. The number of piperidine rings is 1. The number of amides is 2. The first-order valence-corrected chi connectivity index (χ1v) is 6.43. The molecule has 2 atom stereocenters. The van der Waals surface area contributed by atoms with Gasteiger partial charge in [-0.25, -0.2) is 0 Å². The van der Waals surface area contributed by atoms with E-state index in [4.69, 9.17) is 0 Å². The zero-order valence-electron chi connectivity index (χ0n) is 11.1. The Bertz CT molecular complexity index is 473. The van der Waals surface area contributed by atoms with E-state index in [1.54, 1.807) is 0 Å². The normalized spacial score (nSPS) is 23.9. The van der Waals surface area contributed by atoms with Crippen LogP contribution in [0.25, 0.3) is 0 Å². The second-order valence-corrected chi connectivity index (χ2v) is 5.16. The lowest BCUT2D eigenvalue weighted by molar-refractivity contribution is -0.137. The van der Waals surface area contributed by atoms with Gasteiger partial charge in [-0.3, -0.25) is 14.9 Å². The minimum Gasteiger partial charge on any atom is -0.296 e. The first kappa shape index (κ1) is 12.8. The van der Waals surface area contributed by atoms with Gasteiger partial charge >= 0.3 is 0 Å². The molecule has 0 radical (unpaired) electrons. The standard InChI is InChI=1S/C15H19NO2/c1-4-12-13(8-14(17)16-15(12)18)11-6-9(2)5-10(3)7-11/h5-7,12-13H,4,8H2,1-3H3,(H,16,17,18). The van der Waals surface area contributed by atoms with E-state index in [0.29, 0.717) is 6.42 Å². The van der Waals surface area contributed by atoms with Crippen LogP contribution in [0.3, 0.4) is 0 Å². The molecular formula is C15H19NO2.